The second-order valence-electron chi connectivity index (χ2n) is 5.71. The van der Waals surface area contributed by atoms with Crippen molar-refractivity contribution in [3.63, 3.8) is 0 Å². The van der Waals surface area contributed by atoms with Crippen LogP contribution in [-0.4, -0.2) is 30.8 Å². The number of ether oxygens (including phenoxy) is 1. The summed E-state index contributed by atoms with van der Waals surface area (Å²) in [5, 5.41) is -4.48. The van der Waals surface area contributed by atoms with Crippen molar-refractivity contribution in [2.24, 2.45) is 11.3 Å². The van der Waals surface area contributed by atoms with Gasteiger partial charge in [-0.05, 0) is 17.8 Å². The van der Waals surface area contributed by atoms with E-state index < -0.39 is 33.4 Å². The van der Waals surface area contributed by atoms with Gasteiger partial charge in [0.25, 0.3) is 0 Å². The van der Waals surface area contributed by atoms with Crippen LogP contribution in [0.2, 0.25) is 0 Å². The molecule has 0 aliphatic rings. The largest absolute Gasteiger partial charge is 0.458 e. The summed E-state index contributed by atoms with van der Waals surface area (Å²) in [5.41, 5.74) is -0.432. The number of carbonyl (C=O) groups is 1. The summed E-state index contributed by atoms with van der Waals surface area (Å²) in [6, 6.07) is 0. The highest BCUT2D eigenvalue weighted by atomic mass is 32.2. The lowest BCUT2D eigenvalue weighted by Gasteiger charge is -2.25. The van der Waals surface area contributed by atoms with E-state index in [2.05, 4.69) is 4.74 Å². The van der Waals surface area contributed by atoms with Gasteiger partial charge in [-0.3, -0.25) is 9.35 Å². The van der Waals surface area contributed by atoms with Crippen LogP contribution in [0.1, 0.15) is 40.5 Å². The quantitative estimate of drug-likeness (QED) is 0.577. The summed E-state index contributed by atoms with van der Waals surface area (Å²) in [4.78, 5) is 11.4. The monoisotopic (exact) mass is 302 g/mol. The fourth-order valence-electron chi connectivity index (χ4n) is 1.86. The fraction of sp³-hybridized carbons (Fsp3) is 0.909. The lowest BCUT2D eigenvalue weighted by Crippen LogP contribution is -2.35. The summed E-state index contributed by atoms with van der Waals surface area (Å²) < 4.78 is 58.7. The van der Waals surface area contributed by atoms with Gasteiger partial charge in [0.2, 0.25) is 0 Å². The molecule has 8 heteroatoms. The molecule has 0 atom stereocenters. The van der Waals surface area contributed by atoms with Gasteiger partial charge in [-0.1, -0.05) is 27.7 Å². The van der Waals surface area contributed by atoms with Crippen LogP contribution >= 0.6 is 0 Å². The first-order valence-electron chi connectivity index (χ1n) is 5.77. The van der Waals surface area contributed by atoms with Crippen LogP contribution in [-0.2, 0) is 19.6 Å². The van der Waals surface area contributed by atoms with Crippen molar-refractivity contribution >= 4 is 16.1 Å². The van der Waals surface area contributed by atoms with E-state index in [-0.39, 0.29) is 6.42 Å². The second kappa shape index (κ2) is 6.13. The molecule has 0 aliphatic carbocycles. The van der Waals surface area contributed by atoms with Crippen LogP contribution in [0.3, 0.4) is 0 Å². The maximum atomic E-state index is 12.8. The molecule has 114 valence electrons. The van der Waals surface area contributed by atoms with Gasteiger partial charge in [0.05, 0.1) is 6.42 Å². The Bertz CT molecular complexity index is 415. The van der Waals surface area contributed by atoms with Gasteiger partial charge in [-0.25, -0.2) is 0 Å². The lowest BCUT2D eigenvalue weighted by molar-refractivity contribution is -0.152. The van der Waals surface area contributed by atoms with Gasteiger partial charge in [0.15, 0.2) is 6.61 Å². The molecule has 0 aromatic rings. The number of hydrogen-bond donors (Lipinski definition) is 1. The minimum absolute atomic E-state index is 0.104. The van der Waals surface area contributed by atoms with Crippen LogP contribution in [0, 0.1) is 11.3 Å². The third-order valence-electron chi connectivity index (χ3n) is 2.36. The number of alkyl halides is 2. The van der Waals surface area contributed by atoms with Gasteiger partial charge in [-0.2, -0.15) is 17.2 Å². The zero-order valence-electron chi connectivity index (χ0n) is 11.4. The zero-order valence-corrected chi connectivity index (χ0v) is 12.3. The molecule has 0 unspecified atom stereocenters. The summed E-state index contributed by atoms with van der Waals surface area (Å²) in [6.07, 6.45) is 0.587. The molecule has 0 aromatic heterocycles. The van der Waals surface area contributed by atoms with E-state index in [1.807, 2.05) is 13.8 Å². The Balaban J connectivity index is 4.43. The molecule has 0 aliphatic heterocycles. The van der Waals surface area contributed by atoms with E-state index in [0.717, 1.165) is 0 Å². The van der Waals surface area contributed by atoms with E-state index in [1.165, 1.54) is 0 Å². The molecular weight excluding hydrogens is 282 g/mol. The Kier molecular flexibility index (Phi) is 5.88. The van der Waals surface area contributed by atoms with Gasteiger partial charge in [0, 0.05) is 0 Å². The molecule has 0 bridgehead atoms. The maximum Gasteiger partial charge on any atom is 0.402 e. The van der Waals surface area contributed by atoms with E-state index in [1.54, 1.807) is 13.8 Å². The minimum Gasteiger partial charge on any atom is -0.458 e. The molecule has 0 fully saturated rings. The molecule has 0 saturated carbocycles. The van der Waals surface area contributed by atoms with Crippen LogP contribution < -0.4 is 0 Å². The predicted octanol–water partition coefficient (Wildman–Crippen LogP) is 2.47. The summed E-state index contributed by atoms with van der Waals surface area (Å²) >= 11 is 0. The molecule has 0 radical (unpaired) electrons. The third-order valence-corrected chi connectivity index (χ3v) is 3.23. The molecule has 0 heterocycles. The highest BCUT2D eigenvalue weighted by Crippen LogP contribution is 2.30. The van der Waals surface area contributed by atoms with Crippen molar-refractivity contribution in [1.29, 1.82) is 0 Å². The molecule has 1 N–H and O–H groups in total. The normalized spacial score (nSPS) is 13.7. The fourth-order valence-corrected chi connectivity index (χ4v) is 2.07. The van der Waals surface area contributed by atoms with Gasteiger partial charge < -0.3 is 4.74 Å². The van der Waals surface area contributed by atoms with Gasteiger partial charge in [0.1, 0.15) is 0 Å². The molecule has 0 spiro atoms. The van der Waals surface area contributed by atoms with Crippen LogP contribution in [0.15, 0.2) is 0 Å². The number of esters is 1. The molecule has 0 amide bonds. The molecular formula is C11H20F2O5S. The molecule has 0 aromatic carbocycles. The average molecular weight is 302 g/mol. The summed E-state index contributed by atoms with van der Waals surface area (Å²) in [5.74, 6) is -0.601. The highest BCUT2D eigenvalue weighted by molar-refractivity contribution is 7.86. The number of rotatable bonds is 7. The minimum atomic E-state index is -5.57. The van der Waals surface area contributed by atoms with E-state index in [0.29, 0.717) is 12.3 Å². The van der Waals surface area contributed by atoms with E-state index >= 15 is 0 Å². The molecule has 5 nitrogen and oxygen atoms in total. The van der Waals surface area contributed by atoms with Crippen LogP contribution in [0.4, 0.5) is 8.78 Å². The van der Waals surface area contributed by atoms with Crippen molar-refractivity contribution in [3.8, 4) is 0 Å². The molecule has 0 saturated heterocycles. The second-order valence-corrected chi connectivity index (χ2v) is 7.26. The summed E-state index contributed by atoms with van der Waals surface area (Å²) in [7, 11) is -5.57. The molecule has 0 rings (SSSR count). The standard InChI is InChI=1S/C11H20F2O5S/c1-8(2)5-10(3,4)6-9(14)18-7-11(12,13)19(15,16)17/h8H,5-7H2,1-4H3,(H,15,16,17). The van der Waals surface area contributed by atoms with Crippen molar-refractivity contribution in [2.75, 3.05) is 6.61 Å². The van der Waals surface area contributed by atoms with E-state index in [9.17, 15) is 22.0 Å². The third kappa shape index (κ3) is 6.81. The Morgan fingerprint density at radius 1 is 1.32 bits per heavy atom. The van der Waals surface area contributed by atoms with Crippen molar-refractivity contribution in [1.82, 2.24) is 0 Å². The Hall–Kier alpha value is -0.760. The smallest absolute Gasteiger partial charge is 0.402 e. The first kappa shape index (κ1) is 18.2. The van der Waals surface area contributed by atoms with Crippen molar-refractivity contribution < 1.29 is 31.3 Å². The number of halogens is 2. The SMILES string of the molecule is CC(C)CC(C)(C)CC(=O)OCC(F)(F)S(=O)(=O)O. The Morgan fingerprint density at radius 3 is 2.16 bits per heavy atom. The lowest BCUT2D eigenvalue weighted by atomic mass is 9.81. The van der Waals surface area contributed by atoms with E-state index in [4.69, 9.17) is 4.55 Å². The first-order valence-corrected chi connectivity index (χ1v) is 7.21. The molecule has 19 heavy (non-hydrogen) atoms. The Labute approximate surface area is 112 Å². The highest BCUT2D eigenvalue weighted by Gasteiger charge is 2.45. The number of hydrogen-bond acceptors (Lipinski definition) is 4. The predicted molar refractivity (Wildman–Crippen MR) is 65.3 cm³/mol. The van der Waals surface area contributed by atoms with Crippen molar-refractivity contribution in [3.05, 3.63) is 0 Å². The number of carbonyl (C=O) groups excluding carboxylic acids is 1. The maximum absolute atomic E-state index is 12.8. The van der Waals surface area contributed by atoms with Gasteiger partial charge in [-0.15, -0.1) is 0 Å². The van der Waals surface area contributed by atoms with Crippen LogP contribution in [0.5, 0.6) is 0 Å². The first-order chi connectivity index (χ1) is 8.27. The average Bonchev–Trinajstić information content (AvgIpc) is 2.09. The van der Waals surface area contributed by atoms with Crippen LogP contribution in [0.25, 0.3) is 0 Å². The van der Waals surface area contributed by atoms with Gasteiger partial charge >= 0.3 is 21.3 Å². The summed E-state index contributed by atoms with van der Waals surface area (Å²) in [6.45, 7) is 5.81. The topological polar surface area (TPSA) is 80.7 Å². The Morgan fingerprint density at radius 2 is 1.79 bits per heavy atom. The van der Waals surface area contributed by atoms with Crippen molar-refractivity contribution in [2.45, 2.75) is 45.8 Å². The zero-order chi connectivity index (χ0) is 15.5.